The second kappa shape index (κ2) is 37.2. The lowest BCUT2D eigenvalue weighted by molar-refractivity contribution is -0.138. The zero-order valence-electron chi connectivity index (χ0n) is 31.5. The van der Waals surface area contributed by atoms with E-state index < -0.39 is 11.9 Å². The summed E-state index contributed by atoms with van der Waals surface area (Å²) in [5.74, 6) is 1.01. The third-order valence-corrected chi connectivity index (χ3v) is 9.94. The zero-order chi connectivity index (χ0) is 34.5. The van der Waals surface area contributed by atoms with Crippen molar-refractivity contribution in [3.05, 3.63) is 24.3 Å². The van der Waals surface area contributed by atoms with Crippen LogP contribution in [0.15, 0.2) is 24.3 Å². The van der Waals surface area contributed by atoms with Crippen LogP contribution in [0.4, 0.5) is 0 Å². The highest BCUT2D eigenvalue weighted by Crippen LogP contribution is 2.43. The summed E-state index contributed by atoms with van der Waals surface area (Å²) < 4.78 is 0. The van der Waals surface area contributed by atoms with E-state index in [1.807, 2.05) is 0 Å². The predicted molar refractivity (Wildman–Crippen MR) is 204 cm³/mol. The van der Waals surface area contributed by atoms with Crippen molar-refractivity contribution in [2.24, 2.45) is 11.8 Å². The van der Waals surface area contributed by atoms with Crippen molar-refractivity contribution < 1.29 is 19.8 Å². The molecule has 2 fully saturated rings. The highest BCUT2D eigenvalue weighted by atomic mass is 16.4. The van der Waals surface area contributed by atoms with Crippen molar-refractivity contribution in [2.75, 3.05) is 0 Å². The molecule has 0 aromatic heterocycles. The Morgan fingerprint density at radius 3 is 0.915 bits per heavy atom. The molecule has 0 radical (unpaired) electrons. The minimum absolute atomic E-state index is 0.332. The molecule has 2 saturated carbocycles. The largest absolute Gasteiger partial charge is 0.481 e. The first kappa shape index (κ1) is 45.4. The van der Waals surface area contributed by atoms with E-state index in [4.69, 9.17) is 10.2 Å². The molecule has 2 aliphatic carbocycles. The van der Waals surface area contributed by atoms with Gasteiger partial charge in [-0.2, -0.15) is 0 Å². The fraction of sp³-hybridized carbons (Fsp3) is 0.860. The molecule has 0 saturated heterocycles. The molecular formula is C43H80O4. The molecule has 0 amide bonds. The number of hydrogen-bond donors (Lipinski definition) is 2. The van der Waals surface area contributed by atoms with Crippen LogP contribution in [-0.4, -0.2) is 22.2 Å². The van der Waals surface area contributed by atoms with Gasteiger partial charge in [0.15, 0.2) is 0 Å². The van der Waals surface area contributed by atoms with Crippen molar-refractivity contribution in [3.63, 3.8) is 0 Å². The zero-order valence-corrected chi connectivity index (χ0v) is 31.5. The van der Waals surface area contributed by atoms with Gasteiger partial charge in [0.1, 0.15) is 0 Å². The summed E-state index contributed by atoms with van der Waals surface area (Å²) in [6.07, 6.45) is 50.3. The molecule has 4 heteroatoms. The van der Waals surface area contributed by atoms with Crippen LogP contribution in [0.2, 0.25) is 0 Å². The summed E-state index contributed by atoms with van der Waals surface area (Å²) in [6.45, 7) is 4.52. The molecule has 2 aliphatic rings. The molecule has 0 atom stereocenters. The number of allylic oxidation sites excluding steroid dienone is 4. The third kappa shape index (κ3) is 37.1. The minimum Gasteiger partial charge on any atom is -0.481 e. The van der Waals surface area contributed by atoms with Gasteiger partial charge in [-0.15, -0.1) is 0 Å². The molecule has 276 valence electrons. The van der Waals surface area contributed by atoms with Crippen LogP contribution >= 0.6 is 0 Å². The Bertz CT molecular complexity index is 659. The monoisotopic (exact) mass is 661 g/mol. The lowest BCUT2D eigenvalue weighted by atomic mass is 10.0. The van der Waals surface area contributed by atoms with Crippen LogP contribution in [0.5, 0.6) is 0 Å². The fourth-order valence-corrected chi connectivity index (χ4v) is 6.87. The predicted octanol–water partition coefficient (Wildman–Crippen LogP) is 14.4. The third-order valence-electron chi connectivity index (χ3n) is 9.94. The smallest absolute Gasteiger partial charge is 0.303 e. The van der Waals surface area contributed by atoms with Crippen molar-refractivity contribution in [3.8, 4) is 0 Å². The molecule has 0 aromatic carbocycles. The topological polar surface area (TPSA) is 74.6 Å². The first-order valence-corrected chi connectivity index (χ1v) is 20.7. The maximum atomic E-state index is 10.3. The molecule has 2 bridgehead atoms. The van der Waals surface area contributed by atoms with Gasteiger partial charge in [0.25, 0.3) is 0 Å². The van der Waals surface area contributed by atoms with Gasteiger partial charge in [0, 0.05) is 12.8 Å². The molecule has 4 nitrogen and oxygen atoms in total. The molecule has 0 unspecified atom stereocenters. The van der Waals surface area contributed by atoms with Crippen LogP contribution in [0, 0.1) is 11.8 Å². The van der Waals surface area contributed by atoms with Crippen LogP contribution < -0.4 is 0 Å². The Morgan fingerprint density at radius 2 is 0.681 bits per heavy atom. The number of rotatable bonds is 30. The van der Waals surface area contributed by atoms with E-state index in [2.05, 4.69) is 38.2 Å². The first-order valence-electron chi connectivity index (χ1n) is 20.7. The van der Waals surface area contributed by atoms with E-state index in [-0.39, 0.29) is 0 Å². The van der Waals surface area contributed by atoms with Gasteiger partial charge in [0.2, 0.25) is 0 Å². The van der Waals surface area contributed by atoms with Crippen molar-refractivity contribution >= 4 is 11.9 Å². The number of aliphatic carboxylic acids is 2. The number of carboxylic acid groups (broad SMARTS) is 2. The Hall–Kier alpha value is -1.58. The van der Waals surface area contributed by atoms with E-state index in [1.54, 1.807) is 32.1 Å². The van der Waals surface area contributed by atoms with Crippen LogP contribution in [0.25, 0.3) is 0 Å². The second-order valence-electron chi connectivity index (χ2n) is 14.6. The Balaban J connectivity index is 0.000000739. The van der Waals surface area contributed by atoms with E-state index >= 15 is 0 Å². The van der Waals surface area contributed by atoms with Gasteiger partial charge in [0.05, 0.1) is 0 Å². The molecule has 0 aromatic rings. The molecular weight excluding hydrogens is 580 g/mol. The number of fused-ring (bicyclic) bond motifs is 2. The number of hydrogen-bond acceptors (Lipinski definition) is 2. The van der Waals surface area contributed by atoms with Gasteiger partial charge in [-0.3, -0.25) is 9.59 Å². The van der Waals surface area contributed by atoms with Gasteiger partial charge in [-0.1, -0.05) is 167 Å². The molecule has 47 heavy (non-hydrogen) atoms. The normalized spacial score (nSPS) is 16.7. The van der Waals surface area contributed by atoms with E-state index in [1.165, 1.54) is 153 Å². The summed E-state index contributed by atoms with van der Waals surface area (Å²) in [5, 5.41) is 17.0. The Kier molecular flexibility index (Phi) is 36.0. The van der Waals surface area contributed by atoms with Crippen LogP contribution in [-0.2, 0) is 9.59 Å². The quantitative estimate of drug-likeness (QED) is 0.0594. The first-order chi connectivity index (χ1) is 23.0. The van der Waals surface area contributed by atoms with Crippen LogP contribution in [0.1, 0.15) is 226 Å². The lowest BCUT2D eigenvalue weighted by Crippen LogP contribution is -1.93. The highest BCUT2D eigenvalue weighted by molar-refractivity contribution is 5.66. The van der Waals surface area contributed by atoms with Gasteiger partial charge >= 0.3 is 11.9 Å². The SMILES string of the molecule is C1CC2CCC1C2.CCCCCCCC/C=C\CCCCCCCC(=O)O.CCCCCCCC/C=C\CCCCCCCC(=O)O. The minimum atomic E-state index is -0.664. The number of unbranched alkanes of at least 4 members (excludes halogenated alkanes) is 22. The van der Waals surface area contributed by atoms with Crippen molar-refractivity contribution in [1.29, 1.82) is 0 Å². The van der Waals surface area contributed by atoms with E-state index in [0.717, 1.165) is 25.7 Å². The Labute approximate surface area is 293 Å². The lowest BCUT2D eigenvalue weighted by Gasteiger charge is -2.05. The van der Waals surface area contributed by atoms with Crippen molar-refractivity contribution in [1.82, 2.24) is 0 Å². The van der Waals surface area contributed by atoms with Gasteiger partial charge in [-0.05, 0) is 82.5 Å². The van der Waals surface area contributed by atoms with Crippen LogP contribution in [0.3, 0.4) is 0 Å². The fourth-order valence-electron chi connectivity index (χ4n) is 6.87. The summed E-state index contributed by atoms with van der Waals surface area (Å²) in [6, 6.07) is 0. The molecule has 0 spiro atoms. The summed E-state index contributed by atoms with van der Waals surface area (Å²) in [7, 11) is 0. The van der Waals surface area contributed by atoms with Gasteiger partial charge < -0.3 is 10.2 Å². The second-order valence-corrected chi connectivity index (χ2v) is 14.6. The Morgan fingerprint density at radius 1 is 0.426 bits per heavy atom. The average Bonchev–Trinajstić information content (AvgIpc) is 3.72. The summed E-state index contributed by atoms with van der Waals surface area (Å²) in [4.78, 5) is 20.6. The molecule has 2 rings (SSSR count). The number of carboxylic acids is 2. The maximum absolute atomic E-state index is 10.3. The number of carbonyl (C=O) groups is 2. The van der Waals surface area contributed by atoms with Gasteiger partial charge in [-0.25, -0.2) is 0 Å². The highest BCUT2D eigenvalue weighted by Gasteiger charge is 2.30. The average molecular weight is 661 g/mol. The van der Waals surface area contributed by atoms with E-state index in [9.17, 15) is 9.59 Å². The molecule has 2 N–H and O–H groups in total. The maximum Gasteiger partial charge on any atom is 0.303 e. The standard InChI is InChI=1S/2C18H34O2.C7H12/c2*1-2-3-4-5-6-7-8-9-10-11-12-13-14-15-16-17-18(19)20;1-2-7-4-3-6(1)5-7/h2*9-10H,2-8,11-17H2,1H3,(H,19,20);6-7H,1-5H2/b2*10-9-;. The summed E-state index contributed by atoms with van der Waals surface area (Å²) >= 11 is 0. The van der Waals surface area contributed by atoms with E-state index in [0.29, 0.717) is 12.8 Å². The van der Waals surface area contributed by atoms with Crippen molar-refractivity contribution in [2.45, 2.75) is 226 Å². The molecule has 0 aliphatic heterocycles. The summed E-state index contributed by atoms with van der Waals surface area (Å²) in [5.41, 5.74) is 0. The molecule has 0 heterocycles.